The SMILES string of the molecule is CC(CO)c1ccc(/C(=C/CO)CO)cc1. The first-order valence-electron chi connectivity index (χ1n) is 5.34. The van der Waals surface area contributed by atoms with E-state index in [1.54, 1.807) is 6.08 Å². The normalized spacial score (nSPS) is 13.9. The molecular weight excluding hydrogens is 204 g/mol. The van der Waals surface area contributed by atoms with Crippen LogP contribution in [0.25, 0.3) is 5.57 Å². The average Bonchev–Trinajstić information content (AvgIpc) is 2.35. The molecule has 0 fully saturated rings. The highest BCUT2D eigenvalue weighted by Crippen LogP contribution is 2.19. The van der Waals surface area contributed by atoms with Gasteiger partial charge in [-0.15, -0.1) is 0 Å². The van der Waals surface area contributed by atoms with Crippen LogP contribution < -0.4 is 0 Å². The van der Waals surface area contributed by atoms with E-state index < -0.39 is 0 Å². The monoisotopic (exact) mass is 222 g/mol. The zero-order valence-electron chi connectivity index (χ0n) is 9.43. The molecule has 0 aliphatic heterocycles. The molecule has 0 aromatic heterocycles. The predicted molar refractivity (Wildman–Crippen MR) is 64.1 cm³/mol. The van der Waals surface area contributed by atoms with Crippen molar-refractivity contribution in [1.29, 1.82) is 0 Å². The maximum atomic E-state index is 9.12. The van der Waals surface area contributed by atoms with Gasteiger partial charge in [0.25, 0.3) is 0 Å². The summed E-state index contributed by atoms with van der Waals surface area (Å²) in [7, 11) is 0. The molecule has 88 valence electrons. The standard InChI is InChI=1S/C13H18O3/c1-10(8-15)11-2-4-12(5-3-11)13(9-16)6-7-14/h2-6,10,14-16H,7-9H2,1H3/b13-6+. The minimum Gasteiger partial charge on any atom is -0.396 e. The molecule has 0 saturated heterocycles. The Kier molecular flexibility index (Phi) is 5.19. The minimum absolute atomic E-state index is 0.0787. The van der Waals surface area contributed by atoms with Crippen molar-refractivity contribution in [3.63, 3.8) is 0 Å². The van der Waals surface area contributed by atoms with Gasteiger partial charge in [0.05, 0.1) is 13.2 Å². The summed E-state index contributed by atoms with van der Waals surface area (Å²) in [6, 6.07) is 7.63. The second-order valence-corrected chi connectivity index (χ2v) is 3.78. The molecule has 1 rings (SSSR count). The molecule has 1 aromatic rings. The molecule has 1 unspecified atom stereocenters. The number of hydrogen-bond donors (Lipinski definition) is 3. The molecule has 0 aliphatic carbocycles. The van der Waals surface area contributed by atoms with E-state index in [2.05, 4.69) is 0 Å². The third-order valence-electron chi connectivity index (χ3n) is 2.63. The summed E-state index contributed by atoms with van der Waals surface area (Å²) >= 11 is 0. The first-order valence-corrected chi connectivity index (χ1v) is 5.34. The van der Waals surface area contributed by atoms with E-state index in [4.69, 9.17) is 15.3 Å². The molecule has 1 atom stereocenters. The van der Waals surface area contributed by atoms with Crippen LogP contribution in [0.3, 0.4) is 0 Å². The molecule has 0 spiro atoms. The van der Waals surface area contributed by atoms with Crippen LogP contribution in [0.5, 0.6) is 0 Å². The Hall–Kier alpha value is -1.16. The van der Waals surface area contributed by atoms with E-state index in [1.165, 1.54) is 0 Å². The van der Waals surface area contributed by atoms with Gasteiger partial charge in [-0.2, -0.15) is 0 Å². The lowest BCUT2D eigenvalue weighted by atomic mass is 9.98. The van der Waals surface area contributed by atoms with Crippen LogP contribution in [0.2, 0.25) is 0 Å². The van der Waals surface area contributed by atoms with Gasteiger partial charge in [-0.25, -0.2) is 0 Å². The van der Waals surface area contributed by atoms with Gasteiger partial charge >= 0.3 is 0 Å². The predicted octanol–water partition coefficient (Wildman–Crippen LogP) is 1.15. The topological polar surface area (TPSA) is 60.7 Å². The first kappa shape index (κ1) is 12.9. The van der Waals surface area contributed by atoms with Gasteiger partial charge in [-0.05, 0) is 16.7 Å². The molecule has 0 amide bonds. The maximum Gasteiger partial charge on any atom is 0.0685 e. The van der Waals surface area contributed by atoms with Crippen molar-refractivity contribution in [1.82, 2.24) is 0 Å². The highest BCUT2D eigenvalue weighted by atomic mass is 16.3. The van der Waals surface area contributed by atoms with Gasteiger partial charge in [-0.3, -0.25) is 0 Å². The van der Waals surface area contributed by atoms with E-state index in [0.29, 0.717) is 5.57 Å². The summed E-state index contributed by atoms with van der Waals surface area (Å²) < 4.78 is 0. The number of rotatable bonds is 5. The fraction of sp³-hybridized carbons (Fsp3) is 0.385. The molecule has 16 heavy (non-hydrogen) atoms. The summed E-state index contributed by atoms with van der Waals surface area (Å²) in [6.45, 7) is 1.91. The summed E-state index contributed by atoms with van der Waals surface area (Å²) in [4.78, 5) is 0. The van der Waals surface area contributed by atoms with E-state index in [9.17, 15) is 0 Å². The van der Waals surface area contributed by atoms with Crippen molar-refractivity contribution in [3.05, 3.63) is 41.5 Å². The summed E-state index contributed by atoms with van der Waals surface area (Å²) in [5.74, 6) is 0.119. The molecule has 0 aliphatic rings. The van der Waals surface area contributed by atoms with Crippen LogP contribution in [0, 0.1) is 0 Å². The van der Waals surface area contributed by atoms with Gasteiger partial charge < -0.3 is 15.3 Å². The smallest absolute Gasteiger partial charge is 0.0685 e. The Morgan fingerprint density at radius 2 is 1.81 bits per heavy atom. The summed E-state index contributed by atoms with van der Waals surface area (Å²) in [6.07, 6.45) is 1.59. The number of benzene rings is 1. The lowest BCUT2D eigenvalue weighted by Crippen LogP contribution is -1.99. The van der Waals surface area contributed by atoms with Crippen molar-refractivity contribution >= 4 is 5.57 Å². The number of aliphatic hydroxyl groups is 3. The molecule has 0 heterocycles. The van der Waals surface area contributed by atoms with Gasteiger partial charge in [-0.1, -0.05) is 37.3 Å². The minimum atomic E-state index is -0.0878. The fourth-order valence-electron chi connectivity index (χ4n) is 1.52. The Balaban J connectivity index is 2.89. The summed E-state index contributed by atoms with van der Waals surface area (Å²) in [5, 5.41) is 26.9. The zero-order valence-corrected chi connectivity index (χ0v) is 9.43. The van der Waals surface area contributed by atoms with Crippen LogP contribution >= 0.6 is 0 Å². The third-order valence-corrected chi connectivity index (χ3v) is 2.63. The van der Waals surface area contributed by atoms with Crippen molar-refractivity contribution in [3.8, 4) is 0 Å². The van der Waals surface area contributed by atoms with Crippen LogP contribution in [0.1, 0.15) is 24.0 Å². The Morgan fingerprint density at radius 1 is 1.19 bits per heavy atom. The average molecular weight is 222 g/mol. The van der Waals surface area contributed by atoms with Gasteiger partial charge in [0.1, 0.15) is 0 Å². The molecule has 3 heteroatoms. The number of hydrogen-bond acceptors (Lipinski definition) is 3. The fourth-order valence-corrected chi connectivity index (χ4v) is 1.52. The van der Waals surface area contributed by atoms with Crippen molar-refractivity contribution in [2.45, 2.75) is 12.8 Å². The van der Waals surface area contributed by atoms with Crippen molar-refractivity contribution in [2.24, 2.45) is 0 Å². The van der Waals surface area contributed by atoms with Gasteiger partial charge in [0.2, 0.25) is 0 Å². The van der Waals surface area contributed by atoms with Crippen LogP contribution in [-0.4, -0.2) is 35.1 Å². The van der Waals surface area contributed by atoms with Crippen molar-refractivity contribution < 1.29 is 15.3 Å². The largest absolute Gasteiger partial charge is 0.396 e. The van der Waals surface area contributed by atoms with Gasteiger partial charge in [0, 0.05) is 12.5 Å². The molecule has 0 radical (unpaired) electrons. The molecule has 0 bridgehead atoms. The van der Waals surface area contributed by atoms with Crippen LogP contribution in [-0.2, 0) is 0 Å². The Morgan fingerprint density at radius 3 is 2.25 bits per heavy atom. The van der Waals surface area contributed by atoms with Crippen molar-refractivity contribution in [2.75, 3.05) is 19.8 Å². The lowest BCUT2D eigenvalue weighted by molar-refractivity contribution is 0.273. The molecule has 3 nitrogen and oxygen atoms in total. The second-order valence-electron chi connectivity index (χ2n) is 3.78. The van der Waals surface area contributed by atoms with E-state index >= 15 is 0 Å². The molecular formula is C13H18O3. The van der Waals surface area contributed by atoms with E-state index in [0.717, 1.165) is 11.1 Å². The molecule has 0 saturated carbocycles. The van der Waals surface area contributed by atoms with E-state index in [-0.39, 0.29) is 25.7 Å². The second kappa shape index (κ2) is 6.43. The molecule has 1 aromatic carbocycles. The Bertz CT molecular complexity index is 341. The van der Waals surface area contributed by atoms with Gasteiger partial charge in [0.15, 0.2) is 0 Å². The third kappa shape index (κ3) is 3.17. The van der Waals surface area contributed by atoms with Crippen LogP contribution in [0.15, 0.2) is 30.3 Å². The molecule has 3 N–H and O–H groups in total. The Labute approximate surface area is 95.7 Å². The first-order chi connectivity index (χ1) is 7.72. The highest BCUT2D eigenvalue weighted by Gasteiger charge is 2.05. The summed E-state index contributed by atoms with van der Waals surface area (Å²) in [5.41, 5.74) is 2.67. The maximum absolute atomic E-state index is 9.12. The van der Waals surface area contributed by atoms with Crippen LogP contribution in [0.4, 0.5) is 0 Å². The number of aliphatic hydroxyl groups excluding tert-OH is 3. The quantitative estimate of drug-likeness (QED) is 0.700. The zero-order chi connectivity index (χ0) is 12.0. The highest BCUT2D eigenvalue weighted by molar-refractivity contribution is 5.66. The van der Waals surface area contributed by atoms with E-state index in [1.807, 2.05) is 31.2 Å². The lowest BCUT2D eigenvalue weighted by Gasteiger charge is -2.10.